The van der Waals surface area contributed by atoms with Crippen LogP contribution in [-0.2, 0) is 20.0 Å². The highest BCUT2D eigenvalue weighted by atomic mass is 32.2. The fourth-order valence-corrected chi connectivity index (χ4v) is 5.16. The van der Waals surface area contributed by atoms with Gasteiger partial charge in [-0.15, -0.1) is 0 Å². The number of nitrogens with one attached hydrogen (secondary N) is 1. The van der Waals surface area contributed by atoms with Gasteiger partial charge in [0.2, 0.25) is 20.0 Å². The maximum absolute atomic E-state index is 12.6. The number of methoxy groups -OCH3 is 1. The highest BCUT2D eigenvalue weighted by Gasteiger charge is 2.30. The maximum Gasteiger partial charge on any atom is 0.244 e. The lowest BCUT2D eigenvalue weighted by Crippen LogP contribution is -2.48. The lowest BCUT2D eigenvalue weighted by molar-refractivity contribution is 0.254. The summed E-state index contributed by atoms with van der Waals surface area (Å²) >= 11 is 0. The first-order valence-corrected chi connectivity index (χ1v) is 11.2. The first-order chi connectivity index (χ1) is 11.2. The monoisotopic (exact) mass is 392 g/mol. The van der Waals surface area contributed by atoms with E-state index in [0.717, 1.165) is 17.4 Å². The second-order valence-electron chi connectivity index (χ2n) is 6.99. The van der Waals surface area contributed by atoms with Gasteiger partial charge >= 0.3 is 0 Å². The molecule has 0 amide bonds. The predicted octanol–water partition coefficient (Wildman–Crippen LogP) is 1.65. The van der Waals surface area contributed by atoms with Crippen molar-refractivity contribution in [1.82, 2.24) is 9.03 Å². The van der Waals surface area contributed by atoms with Gasteiger partial charge in [-0.25, -0.2) is 21.6 Å². The standard InChI is InChI=1S/C16H28N2O5S2/c1-12-10-14(23-6)15(11-13(12)2)25(21,22)17-8-9-18(16(3,4)5)24(7,19)20/h10-11,17H,8-9H2,1-7H3. The predicted molar refractivity (Wildman–Crippen MR) is 99.0 cm³/mol. The Morgan fingerprint density at radius 3 is 2.04 bits per heavy atom. The number of rotatable bonds is 7. The molecular weight excluding hydrogens is 364 g/mol. The molecule has 0 aliphatic rings. The molecule has 0 saturated heterocycles. The fraction of sp³-hybridized carbons (Fsp3) is 0.625. The van der Waals surface area contributed by atoms with Crippen LogP contribution in [0.25, 0.3) is 0 Å². The SMILES string of the molecule is COc1cc(C)c(C)cc1S(=O)(=O)NCCN(C(C)(C)C)S(C)(=O)=O. The molecule has 0 saturated carbocycles. The molecule has 0 fully saturated rings. The van der Waals surface area contributed by atoms with E-state index in [4.69, 9.17) is 4.74 Å². The van der Waals surface area contributed by atoms with Crippen LogP contribution in [0, 0.1) is 13.8 Å². The minimum Gasteiger partial charge on any atom is -0.495 e. The van der Waals surface area contributed by atoms with Crippen LogP contribution >= 0.6 is 0 Å². The van der Waals surface area contributed by atoms with Gasteiger partial charge in [-0.3, -0.25) is 0 Å². The first kappa shape index (κ1) is 21.9. The minimum absolute atomic E-state index is 0.0364. The van der Waals surface area contributed by atoms with E-state index in [1.807, 2.05) is 13.8 Å². The van der Waals surface area contributed by atoms with E-state index in [0.29, 0.717) is 0 Å². The van der Waals surface area contributed by atoms with Gasteiger partial charge in [0, 0.05) is 18.6 Å². The zero-order valence-corrected chi connectivity index (χ0v) is 17.5. The van der Waals surface area contributed by atoms with Crippen molar-refractivity contribution in [3.8, 4) is 5.75 Å². The highest BCUT2D eigenvalue weighted by molar-refractivity contribution is 7.89. The van der Waals surface area contributed by atoms with Crippen molar-refractivity contribution in [1.29, 1.82) is 0 Å². The Kier molecular flexibility index (Phi) is 6.66. The van der Waals surface area contributed by atoms with E-state index in [-0.39, 0.29) is 23.7 Å². The number of sulfonamides is 2. The fourth-order valence-electron chi connectivity index (χ4n) is 2.49. The molecule has 0 aromatic heterocycles. The summed E-state index contributed by atoms with van der Waals surface area (Å²) in [7, 11) is -5.87. The number of hydrogen-bond donors (Lipinski definition) is 1. The number of benzene rings is 1. The molecule has 9 heteroatoms. The van der Waals surface area contributed by atoms with Gasteiger partial charge in [-0.05, 0) is 57.9 Å². The molecule has 0 unspecified atom stereocenters. The summed E-state index contributed by atoms with van der Waals surface area (Å²) < 4.78 is 57.9. The Bertz CT molecular complexity index is 825. The molecule has 0 spiro atoms. The van der Waals surface area contributed by atoms with Gasteiger partial charge in [0.1, 0.15) is 10.6 Å². The molecule has 0 heterocycles. The summed E-state index contributed by atoms with van der Waals surface area (Å²) in [6, 6.07) is 3.22. The summed E-state index contributed by atoms with van der Waals surface area (Å²) in [5, 5.41) is 0. The summed E-state index contributed by atoms with van der Waals surface area (Å²) in [6.07, 6.45) is 1.11. The van der Waals surface area contributed by atoms with Crippen LogP contribution in [0.1, 0.15) is 31.9 Å². The molecule has 0 atom stereocenters. The molecule has 1 rings (SSSR count). The molecule has 1 N–H and O–H groups in total. The van der Waals surface area contributed by atoms with E-state index >= 15 is 0 Å². The van der Waals surface area contributed by atoms with Crippen molar-refractivity contribution >= 4 is 20.0 Å². The number of ether oxygens (including phenoxy) is 1. The molecule has 0 bridgehead atoms. The van der Waals surface area contributed by atoms with Crippen LogP contribution in [0.4, 0.5) is 0 Å². The molecule has 0 aliphatic heterocycles. The van der Waals surface area contributed by atoms with E-state index < -0.39 is 25.6 Å². The van der Waals surface area contributed by atoms with Gasteiger partial charge in [0.05, 0.1) is 13.4 Å². The van der Waals surface area contributed by atoms with Crippen molar-refractivity contribution in [2.24, 2.45) is 0 Å². The van der Waals surface area contributed by atoms with E-state index in [2.05, 4.69) is 4.72 Å². The molecule has 1 aromatic carbocycles. The van der Waals surface area contributed by atoms with Gasteiger partial charge in [-0.2, -0.15) is 4.31 Å². The van der Waals surface area contributed by atoms with Crippen molar-refractivity contribution in [2.45, 2.75) is 45.1 Å². The zero-order valence-electron chi connectivity index (χ0n) is 15.9. The average molecular weight is 393 g/mol. The van der Waals surface area contributed by atoms with Crippen molar-refractivity contribution in [3.63, 3.8) is 0 Å². The van der Waals surface area contributed by atoms with E-state index in [9.17, 15) is 16.8 Å². The molecule has 0 radical (unpaired) electrons. The minimum atomic E-state index is -3.83. The van der Waals surface area contributed by atoms with Crippen LogP contribution in [-0.4, -0.2) is 53.1 Å². The van der Waals surface area contributed by atoms with Gasteiger partial charge in [0.25, 0.3) is 0 Å². The maximum atomic E-state index is 12.6. The molecule has 144 valence electrons. The summed E-state index contributed by atoms with van der Waals surface area (Å²) in [6.45, 7) is 8.96. The Morgan fingerprint density at radius 1 is 1.08 bits per heavy atom. The first-order valence-electron chi connectivity index (χ1n) is 7.83. The third-order valence-corrected chi connectivity index (χ3v) is 6.84. The van der Waals surface area contributed by atoms with Crippen LogP contribution < -0.4 is 9.46 Å². The lowest BCUT2D eigenvalue weighted by atomic mass is 10.1. The smallest absolute Gasteiger partial charge is 0.244 e. The van der Waals surface area contributed by atoms with Crippen LogP contribution in [0.15, 0.2) is 17.0 Å². The summed E-state index contributed by atoms with van der Waals surface area (Å²) in [4.78, 5) is 0.0414. The number of hydrogen-bond acceptors (Lipinski definition) is 5. The largest absolute Gasteiger partial charge is 0.495 e. The summed E-state index contributed by atoms with van der Waals surface area (Å²) in [5.74, 6) is 0.256. The quantitative estimate of drug-likeness (QED) is 0.762. The number of nitrogens with zero attached hydrogens (tertiary/aromatic N) is 1. The Morgan fingerprint density at radius 2 is 1.60 bits per heavy atom. The molecule has 7 nitrogen and oxygen atoms in total. The van der Waals surface area contributed by atoms with Crippen LogP contribution in [0.3, 0.4) is 0 Å². The second kappa shape index (κ2) is 7.61. The average Bonchev–Trinajstić information content (AvgIpc) is 2.43. The van der Waals surface area contributed by atoms with Crippen LogP contribution in [0.2, 0.25) is 0 Å². The molecule has 25 heavy (non-hydrogen) atoms. The van der Waals surface area contributed by atoms with Gasteiger partial charge in [0.15, 0.2) is 0 Å². The van der Waals surface area contributed by atoms with Crippen LogP contribution in [0.5, 0.6) is 5.75 Å². The molecule has 0 aliphatic carbocycles. The second-order valence-corrected chi connectivity index (χ2v) is 10.6. The normalized spacial score (nSPS) is 13.3. The van der Waals surface area contributed by atoms with Crippen molar-refractivity contribution < 1.29 is 21.6 Å². The summed E-state index contributed by atoms with van der Waals surface area (Å²) in [5.41, 5.74) is 1.11. The topological polar surface area (TPSA) is 92.8 Å². The third-order valence-electron chi connectivity index (χ3n) is 3.82. The Labute approximate surface area is 151 Å². The Hall–Kier alpha value is -1.16. The van der Waals surface area contributed by atoms with Gasteiger partial charge in [-0.1, -0.05) is 0 Å². The van der Waals surface area contributed by atoms with Gasteiger partial charge < -0.3 is 4.74 Å². The molecular formula is C16H28N2O5S2. The number of aryl methyl sites for hydroxylation is 2. The zero-order chi connectivity index (χ0) is 19.6. The highest BCUT2D eigenvalue weighted by Crippen LogP contribution is 2.27. The Balaban J connectivity index is 3.02. The third kappa shape index (κ3) is 5.67. The van der Waals surface area contributed by atoms with Crippen molar-refractivity contribution in [2.75, 3.05) is 26.5 Å². The van der Waals surface area contributed by atoms with E-state index in [1.165, 1.54) is 11.4 Å². The molecule has 1 aromatic rings. The van der Waals surface area contributed by atoms with Crippen molar-refractivity contribution in [3.05, 3.63) is 23.3 Å². The van der Waals surface area contributed by atoms with E-state index in [1.54, 1.807) is 32.9 Å². The lowest BCUT2D eigenvalue weighted by Gasteiger charge is -2.33.